The monoisotopic (exact) mass is 309 g/mol. The van der Waals surface area contributed by atoms with Gasteiger partial charge in [-0.2, -0.15) is 0 Å². The van der Waals surface area contributed by atoms with Crippen LogP contribution in [0.3, 0.4) is 0 Å². The third-order valence-corrected chi connectivity index (χ3v) is 3.75. The van der Waals surface area contributed by atoms with Crippen LogP contribution in [0.5, 0.6) is 0 Å². The highest BCUT2D eigenvalue weighted by atomic mass is 32.1. The van der Waals surface area contributed by atoms with Crippen molar-refractivity contribution in [1.82, 2.24) is 9.97 Å². The van der Waals surface area contributed by atoms with E-state index in [0.717, 1.165) is 10.7 Å². The van der Waals surface area contributed by atoms with Crippen LogP contribution in [0.25, 0.3) is 6.08 Å². The van der Waals surface area contributed by atoms with Crippen LogP contribution in [0, 0.1) is 6.92 Å². The summed E-state index contributed by atoms with van der Waals surface area (Å²) in [5.41, 5.74) is 1.16. The zero-order valence-electron chi connectivity index (χ0n) is 10.5. The van der Waals surface area contributed by atoms with Crippen LogP contribution in [-0.4, -0.2) is 27.0 Å². The first-order valence-corrected chi connectivity index (χ1v) is 7.36. The van der Waals surface area contributed by atoms with Gasteiger partial charge in [-0.05, 0) is 13.0 Å². The van der Waals surface area contributed by atoms with Gasteiger partial charge in [0.15, 0.2) is 5.13 Å². The second-order valence-corrected chi connectivity index (χ2v) is 5.75. The van der Waals surface area contributed by atoms with E-state index < -0.39 is 5.97 Å². The molecule has 20 heavy (non-hydrogen) atoms. The highest BCUT2D eigenvalue weighted by Gasteiger charge is 2.07. The van der Waals surface area contributed by atoms with E-state index in [4.69, 9.17) is 5.11 Å². The number of hydrogen-bond acceptors (Lipinski definition) is 6. The molecule has 0 bridgehead atoms. The number of amides is 1. The lowest BCUT2D eigenvalue weighted by Crippen LogP contribution is -2.08. The second-order valence-electron chi connectivity index (χ2n) is 3.83. The molecule has 2 aromatic heterocycles. The smallest absolute Gasteiger partial charge is 0.309 e. The summed E-state index contributed by atoms with van der Waals surface area (Å²) >= 11 is 2.70. The second kappa shape index (κ2) is 6.40. The molecule has 0 atom stereocenters. The highest BCUT2D eigenvalue weighted by Crippen LogP contribution is 2.16. The lowest BCUT2D eigenvalue weighted by molar-refractivity contribution is -0.136. The van der Waals surface area contributed by atoms with Crippen molar-refractivity contribution in [2.24, 2.45) is 0 Å². The van der Waals surface area contributed by atoms with E-state index in [0.29, 0.717) is 10.8 Å². The topological polar surface area (TPSA) is 92.2 Å². The molecule has 6 nitrogen and oxygen atoms in total. The van der Waals surface area contributed by atoms with Crippen molar-refractivity contribution < 1.29 is 14.7 Å². The van der Waals surface area contributed by atoms with Crippen molar-refractivity contribution in [3.8, 4) is 0 Å². The molecular weight excluding hydrogens is 298 g/mol. The fraction of sp³-hybridized carbons (Fsp3) is 0.167. The SMILES string of the molecule is Cc1nc(/C=C/C(=O)Nc2nc(CC(=O)O)cs2)cs1. The normalized spacial score (nSPS) is 10.8. The van der Waals surface area contributed by atoms with Gasteiger partial charge < -0.3 is 5.11 Å². The Morgan fingerprint density at radius 3 is 2.80 bits per heavy atom. The summed E-state index contributed by atoms with van der Waals surface area (Å²) in [6.45, 7) is 1.89. The Bertz CT molecular complexity index is 660. The number of thiazole rings is 2. The molecule has 2 rings (SSSR count). The van der Waals surface area contributed by atoms with Crippen LogP contribution in [0.4, 0.5) is 5.13 Å². The molecule has 0 aliphatic rings. The molecule has 2 aromatic rings. The Kier molecular flexibility index (Phi) is 4.59. The van der Waals surface area contributed by atoms with Crippen molar-refractivity contribution in [2.45, 2.75) is 13.3 Å². The molecule has 104 valence electrons. The number of nitrogens with zero attached hydrogens (tertiary/aromatic N) is 2. The van der Waals surface area contributed by atoms with E-state index in [-0.39, 0.29) is 12.3 Å². The van der Waals surface area contributed by atoms with Crippen molar-refractivity contribution >= 4 is 45.8 Å². The summed E-state index contributed by atoms with van der Waals surface area (Å²) < 4.78 is 0. The van der Waals surface area contributed by atoms with E-state index in [9.17, 15) is 9.59 Å². The van der Waals surface area contributed by atoms with Crippen LogP contribution in [0.15, 0.2) is 16.8 Å². The lowest BCUT2D eigenvalue weighted by atomic mass is 10.3. The Morgan fingerprint density at radius 2 is 2.15 bits per heavy atom. The molecule has 0 saturated heterocycles. The molecule has 0 aliphatic heterocycles. The Labute approximate surface area is 122 Å². The maximum atomic E-state index is 11.7. The quantitative estimate of drug-likeness (QED) is 0.826. The molecule has 0 fully saturated rings. The summed E-state index contributed by atoms with van der Waals surface area (Å²) in [5.74, 6) is -1.28. The number of hydrogen-bond donors (Lipinski definition) is 2. The van der Waals surface area contributed by atoms with Gasteiger partial charge in [0.25, 0.3) is 0 Å². The average molecular weight is 309 g/mol. The molecule has 2 N–H and O–H groups in total. The average Bonchev–Trinajstić information content (AvgIpc) is 2.95. The van der Waals surface area contributed by atoms with Gasteiger partial charge >= 0.3 is 5.97 Å². The Hall–Kier alpha value is -2.06. The van der Waals surface area contributed by atoms with Crippen molar-refractivity contribution in [1.29, 1.82) is 0 Å². The predicted octanol–water partition coefficient (Wildman–Crippen LogP) is 2.19. The van der Waals surface area contributed by atoms with Crippen LogP contribution in [0.1, 0.15) is 16.4 Å². The van der Waals surface area contributed by atoms with Crippen molar-refractivity contribution in [3.05, 3.63) is 33.2 Å². The number of carboxylic acids is 1. The van der Waals surface area contributed by atoms with Crippen LogP contribution < -0.4 is 5.32 Å². The number of carboxylic acid groups (broad SMARTS) is 1. The van der Waals surface area contributed by atoms with Gasteiger partial charge in [0, 0.05) is 16.8 Å². The van der Waals surface area contributed by atoms with Gasteiger partial charge in [-0.3, -0.25) is 14.9 Å². The molecule has 8 heteroatoms. The minimum Gasteiger partial charge on any atom is -0.481 e. The molecule has 0 aromatic carbocycles. The number of nitrogens with one attached hydrogen (secondary N) is 1. The Morgan fingerprint density at radius 1 is 1.35 bits per heavy atom. The summed E-state index contributed by atoms with van der Waals surface area (Å²) in [5, 5.41) is 16.0. The number of carbonyl (C=O) groups is 2. The first-order chi connectivity index (χ1) is 9.52. The zero-order valence-corrected chi connectivity index (χ0v) is 12.1. The summed E-state index contributed by atoms with van der Waals surface area (Å²) in [6, 6.07) is 0. The number of carbonyl (C=O) groups excluding carboxylic acids is 1. The molecular formula is C12H11N3O3S2. The van der Waals surface area contributed by atoms with Crippen LogP contribution in [0.2, 0.25) is 0 Å². The molecule has 0 spiro atoms. The van der Waals surface area contributed by atoms with Gasteiger partial charge in [-0.1, -0.05) is 0 Å². The standard InChI is InChI=1S/C12H11N3O3S2/c1-7-13-8(5-19-7)2-3-10(16)15-12-14-9(6-20-12)4-11(17)18/h2-3,5-6H,4H2,1H3,(H,17,18)(H,14,15,16)/b3-2+. The third kappa shape index (κ3) is 4.25. The van der Waals surface area contributed by atoms with Gasteiger partial charge in [0.1, 0.15) is 0 Å². The van der Waals surface area contributed by atoms with Gasteiger partial charge in [0.05, 0.1) is 22.8 Å². The van der Waals surface area contributed by atoms with E-state index >= 15 is 0 Å². The Balaban J connectivity index is 1.92. The number of anilines is 1. The summed E-state index contributed by atoms with van der Waals surface area (Å²) in [7, 11) is 0. The predicted molar refractivity (Wildman–Crippen MR) is 78.0 cm³/mol. The molecule has 0 unspecified atom stereocenters. The molecule has 0 saturated carbocycles. The van der Waals surface area contributed by atoms with Gasteiger partial charge in [-0.25, -0.2) is 9.97 Å². The maximum Gasteiger partial charge on any atom is 0.309 e. The van der Waals surface area contributed by atoms with Crippen LogP contribution in [-0.2, 0) is 16.0 Å². The van der Waals surface area contributed by atoms with E-state index in [1.54, 1.807) is 11.5 Å². The fourth-order valence-electron chi connectivity index (χ4n) is 1.37. The first-order valence-electron chi connectivity index (χ1n) is 5.60. The third-order valence-electron chi connectivity index (χ3n) is 2.16. The highest BCUT2D eigenvalue weighted by molar-refractivity contribution is 7.14. The summed E-state index contributed by atoms with van der Waals surface area (Å²) in [6.07, 6.45) is 2.83. The molecule has 0 radical (unpaired) electrons. The van der Waals surface area contributed by atoms with Crippen LogP contribution >= 0.6 is 22.7 Å². The molecule has 1 amide bonds. The number of aliphatic carboxylic acids is 1. The largest absolute Gasteiger partial charge is 0.481 e. The van der Waals surface area contributed by atoms with Gasteiger partial charge in [0.2, 0.25) is 5.91 Å². The molecule has 2 heterocycles. The number of aryl methyl sites for hydroxylation is 1. The lowest BCUT2D eigenvalue weighted by Gasteiger charge is -1.95. The summed E-state index contributed by atoms with van der Waals surface area (Å²) in [4.78, 5) is 30.4. The maximum absolute atomic E-state index is 11.7. The van der Waals surface area contributed by atoms with Crippen molar-refractivity contribution in [2.75, 3.05) is 5.32 Å². The number of aromatic nitrogens is 2. The van der Waals surface area contributed by atoms with Crippen molar-refractivity contribution in [3.63, 3.8) is 0 Å². The van der Waals surface area contributed by atoms with E-state index in [2.05, 4.69) is 15.3 Å². The minimum absolute atomic E-state index is 0.152. The fourth-order valence-corrected chi connectivity index (χ4v) is 2.66. The minimum atomic E-state index is -0.952. The first kappa shape index (κ1) is 14.4. The van der Waals surface area contributed by atoms with Gasteiger partial charge in [-0.15, -0.1) is 22.7 Å². The number of rotatable bonds is 5. The zero-order chi connectivity index (χ0) is 14.5. The van der Waals surface area contributed by atoms with E-state index in [1.165, 1.54) is 28.7 Å². The van der Waals surface area contributed by atoms with E-state index in [1.807, 2.05) is 12.3 Å². The molecule has 0 aliphatic carbocycles.